The van der Waals surface area contributed by atoms with Crippen LogP contribution in [0.25, 0.3) is 0 Å². The first-order valence-electron chi connectivity index (χ1n) is 7.01. The van der Waals surface area contributed by atoms with Crippen molar-refractivity contribution in [2.45, 2.75) is 51.0 Å². The fraction of sp³-hybridized carbons (Fsp3) is 0.533. The minimum Gasteiger partial charge on any atom is -0.426 e. The van der Waals surface area contributed by atoms with E-state index in [9.17, 15) is 23.1 Å². The lowest BCUT2D eigenvalue weighted by Gasteiger charge is -2.33. The van der Waals surface area contributed by atoms with E-state index in [2.05, 4.69) is 4.74 Å². The number of hydrogen-bond acceptors (Lipinski definition) is 4. The Morgan fingerprint density at radius 1 is 1.23 bits per heavy atom. The number of alkyl halides is 3. The molecule has 1 aliphatic carbocycles. The van der Waals surface area contributed by atoms with Crippen molar-refractivity contribution < 1.29 is 32.5 Å². The number of esters is 1. The van der Waals surface area contributed by atoms with E-state index in [-0.39, 0.29) is 11.3 Å². The molecule has 7 heteroatoms. The molecule has 0 aliphatic heterocycles. The highest BCUT2D eigenvalue weighted by Gasteiger charge is 2.36. The average molecular weight is 318 g/mol. The van der Waals surface area contributed by atoms with Crippen molar-refractivity contribution in [1.29, 1.82) is 0 Å². The number of ether oxygens (including phenoxy) is 2. The number of hydrogen-bond donors (Lipinski definition) is 1. The number of aliphatic hydroxyl groups is 1. The predicted molar refractivity (Wildman–Crippen MR) is 71.4 cm³/mol. The van der Waals surface area contributed by atoms with Crippen LogP contribution in [0.1, 0.15) is 44.6 Å². The van der Waals surface area contributed by atoms with Crippen molar-refractivity contribution in [2.75, 3.05) is 0 Å². The molecule has 0 bridgehead atoms. The van der Waals surface area contributed by atoms with Crippen LogP contribution in [0.2, 0.25) is 0 Å². The van der Waals surface area contributed by atoms with Crippen molar-refractivity contribution in [1.82, 2.24) is 0 Å². The summed E-state index contributed by atoms with van der Waals surface area (Å²) in [5.74, 6) is -0.992. The third-order valence-electron chi connectivity index (χ3n) is 3.62. The van der Waals surface area contributed by atoms with Gasteiger partial charge in [-0.2, -0.15) is 0 Å². The fourth-order valence-corrected chi connectivity index (χ4v) is 2.72. The Morgan fingerprint density at radius 3 is 2.41 bits per heavy atom. The molecular weight excluding hydrogens is 301 g/mol. The Balaban J connectivity index is 2.41. The molecule has 22 heavy (non-hydrogen) atoms. The van der Waals surface area contributed by atoms with E-state index in [1.165, 1.54) is 13.0 Å². The van der Waals surface area contributed by atoms with Gasteiger partial charge in [-0.15, -0.1) is 13.2 Å². The minimum atomic E-state index is -4.82. The highest BCUT2D eigenvalue weighted by Crippen LogP contribution is 2.43. The van der Waals surface area contributed by atoms with Crippen LogP contribution in [0.5, 0.6) is 11.5 Å². The molecule has 1 N–H and O–H groups in total. The van der Waals surface area contributed by atoms with Gasteiger partial charge in [0.05, 0.1) is 5.60 Å². The van der Waals surface area contributed by atoms with Gasteiger partial charge in [-0.25, -0.2) is 0 Å². The molecule has 1 saturated carbocycles. The maximum atomic E-state index is 12.4. The van der Waals surface area contributed by atoms with Crippen LogP contribution >= 0.6 is 0 Å². The third kappa shape index (κ3) is 4.13. The molecule has 0 aromatic heterocycles. The van der Waals surface area contributed by atoms with E-state index in [4.69, 9.17) is 4.74 Å². The molecule has 0 atom stereocenters. The molecule has 0 unspecified atom stereocenters. The summed E-state index contributed by atoms with van der Waals surface area (Å²) in [7, 11) is 0. The largest absolute Gasteiger partial charge is 0.573 e. The molecule has 122 valence electrons. The van der Waals surface area contributed by atoms with Gasteiger partial charge in [0, 0.05) is 12.5 Å². The summed E-state index contributed by atoms with van der Waals surface area (Å²) >= 11 is 0. The molecule has 0 amide bonds. The lowest BCUT2D eigenvalue weighted by Crippen LogP contribution is -2.29. The molecule has 1 aromatic carbocycles. The Labute approximate surface area is 125 Å². The van der Waals surface area contributed by atoms with Crippen LogP contribution in [0, 0.1) is 0 Å². The normalized spacial score (nSPS) is 17.9. The van der Waals surface area contributed by atoms with E-state index in [0.29, 0.717) is 12.8 Å². The van der Waals surface area contributed by atoms with E-state index < -0.39 is 23.7 Å². The molecule has 2 rings (SSSR count). The van der Waals surface area contributed by atoms with Gasteiger partial charge in [0.15, 0.2) is 0 Å². The van der Waals surface area contributed by atoms with Gasteiger partial charge in [-0.1, -0.05) is 19.3 Å². The fourth-order valence-electron chi connectivity index (χ4n) is 2.72. The summed E-state index contributed by atoms with van der Waals surface area (Å²) < 4.78 is 46.0. The van der Waals surface area contributed by atoms with E-state index in [1.54, 1.807) is 0 Å². The highest BCUT2D eigenvalue weighted by atomic mass is 19.4. The van der Waals surface area contributed by atoms with Crippen molar-refractivity contribution >= 4 is 5.97 Å². The maximum absolute atomic E-state index is 12.4. The number of benzene rings is 1. The van der Waals surface area contributed by atoms with Crippen LogP contribution in [0.15, 0.2) is 18.2 Å². The molecular formula is C15H17F3O4. The van der Waals surface area contributed by atoms with Crippen LogP contribution in [0.4, 0.5) is 13.2 Å². The summed E-state index contributed by atoms with van der Waals surface area (Å²) in [6, 6.07) is 3.36. The first-order valence-corrected chi connectivity index (χ1v) is 7.01. The van der Waals surface area contributed by atoms with Gasteiger partial charge in [0.2, 0.25) is 0 Å². The van der Waals surface area contributed by atoms with Gasteiger partial charge in [-0.05, 0) is 31.0 Å². The van der Waals surface area contributed by atoms with Crippen LogP contribution in [-0.4, -0.2) is 17.4 Å². The predicted octanol–water partition coefficient (Wildman–Crippen LogP) is 3.66. The summed E-state index contributed by atoms with van der Waals surface area (Å²) in [4.78, 5) is 11.2. The molecule has 0 saturated heterocycles. The second-order valence-electron chi connectivity index (χ2n) is 5.39. The topological polar surface area (TPSA) is 55.8 Å². The number of carbonyl (C=O) groups is 1. The van der Waals surface area contributed by atoms with Gasteiger partial charge >= 0.3 is 12.3 Å². The lowest BCUT2D eigenvalue weighted by atomic mass is 9.79. The Hall–Kier alpha value is -1.76. The van der Waals surface area contributed by atoms with Gasteiger partial charge in [0.1, 0.15) is 11.5 Å². The first-order chi connectivity index (χ1) is 10.2. The summed E-state index contributed by atoms with van der Waals surface area (Å²) in [6.45, 7) is 1.19. The number of rotatable bonds is 3. The molecule has 1 aliphatic rings. The Kier molecular flexibility index (Phi) is 4.65. The van der Waals surface area contributed by atoms with E-state index >= 15 is 0 Å². The van der Waals surface area contributed by atoms with Gasteiger partial charge < -0.3 is 14.6 Å². The van der Waals surface area contributed by atoms with Gasteiger partial charge in [-0.3, -0.25) is 4.79 Å². The lowest BCUT2D eigenvalue weighted by molar-refractivity contribution is -0.274. The van der Waals surface area contributed by atoms with Crippen LogP contribution < -0.4 is 9.47 Å². The van der Waals surface area contributed by atoms with E-state index in [0.717, 1.165) is 31.4 Å². The quantitative estimate of drug-likeness (QED) is 0.682. The second kappa shape index (κ2) is 6.16. The Bertz CT molecular complexity index is 548. The third-order valence-corrected chi connectivity index (χ3v) is 3.62. The van der Waals surface area contributed by atoms with Gasteiger partial charge in [0.25, 0.3) is 0 Å². The molecule has 1 aromatic rings. The summed E-state index contributed by atoms with van der Waals surface area (Å²) in [5, 5.41) is 10.7. The summed E-state index contributed by atoms with van der Waals surface area (Å²) in [5.41, 5.74) is -1.15. The molecule has 4 nitrogen and oxygen atoms in total. The molecule has 0 radical (unpaired) electrons. The monoisotopic (exact) mass is 318 g/mol. The maximum Gasteiger partial charge on any atom is 0.573 e. The van der Waals surface area contributed by atoms with Crippen molar-refractivity contribution in [3.8, 4) is 11.5 Å². The molecule has 0 heterocycles. The Morgan fingerprint density at radius 2 is 1.86 bits per heavy atom. The zero-order chi connectivity index (χ0) is 16.4. The zero-order valence-corrected chi connectivity index (χ0v) is 12.1. The SMILES string of the molecule is CC(=O)Oc1ccc(OC(F)(F)F)cc1C1(O)CCCCC1. The average Bonchev–Trinajstić information content (AvgIpc) is 2.39. The second-order valence-corrected chi connectivity index (χ2v) is 5.39. The zero-order valence-electron chi connectivity index (χ0n) is 12.1. The summed E-state index contributed by atoms with van der Waals surface area (Å²) in [6.07, 6.45) is -1.58. The van der Waals surface area contributed by atoms with Crippen LogP contribution in [-0.2, 0) is 10.4 Å². The number of carbonyl (C=O) groups excluding carboxylic acids is 1. The number of halogens is 3. The minimum absolute atomic E-state index is 0.0615. The highest BCUT2D eigenvalue weighted by molar-refractivity contribution is 5.70. The van der Waals surface area contributed by atoms with Crippen molar-refractivity contribution in [3.63, 3.8) is 0 Å². The first kappa shape index (κ1) is 16.6. The van der Waals surface area contributed by atoms with Crippen LogP contribution in [0.3, 0.4) is 0 Å². The standard InChI is InChI=1S/C15H17F3O4/c1-10(19)21-13-6-5-11(22-15(16,17)18)9-12(13)14(20)7-3-2-4-8-14/h5-6,9,20H,2-4,7-8H2,1H3. The smallest absolute Gasteiger partial charge is 0.426 e. The molecule has 0 spiro atoms. The van der Waals surface area contributed by atoms with Crippen molar-refractivity contribution in [2.24, 2.45) is 0 Å². The van der Waals surface area contributed by atoms with E-state index in [1.807, 2.05) is 0 Å². The molecule has 1 fully saturated rings. The van der Waals surface area contributed by atoms with Crippen molar-refractivity contribution in [3.05, 3.63) is 23.8 Å².